The van der Waals surface area contributed by atoms with E-state index in [1.807, 2.05) is 0 Å². The standard InChI is InChI=1S/C21H21ClF3N3O4/c22-13-2-1-12(9-14(13)23)31-11-17(29)26-20-3-6-21(7-4-20,8-5-20)27-19(30)16-10-15(18(24)25)28-32-16/h1-2,9-10,18H,3-8,11H2,(H,26,29)(H,27,30). The second-order valence-corrected chi connectivity index (χ2v) is 8.75. The van der Waals surface area contributed by atoms with Gasteiger partial charge in [-0.25, -0.2) is 13.2 Å². The molecule has 0 saturated heterocycles. The molecule has 11 heteroatoms. The van der Waals surface area contributed by atoms with E-state index in [1.54, 1.807) is 0 Å². The van der Waals surface area contributed by atoms with E-state index < -0.39 is 34.9 Å². The fraction of sp³-hybridized carbons (Fsp3) is 0.476. The third-order valence-electron chi connectivity index (χ3n) is 6.27. The molecule has 2 aromatic rings. The lowest BCUT2D eigenvalue weighted by Gasteiger charge is -2.53. The van der Waals surface area contributed by atoms with Gasteiger partial charge in [-0.05, 0) is 50.7 Å². The molecule has 2 N–H and O–H groups in total. The van der Waals surface area contributed by atoms with Crippen LogP contribution in [-0.4, -0.2) is 34.7 Å². The van der Waals surface area contributed by atoms with Crippen LogP contribution in [0.1, 0.15) is 61.2 Å². The van der Waals surface area contributed by atoms with E-state index in [1.165, 1.54) is 12.1 Å². The molecule has 3 aliphatic carbocycles. The summed E-state index contributed by atoms with van der Waals surface area (Å²) in [6.45, 7) is -0.261. The Bertz CT molecular complexity index is 1000. The van der Waals surface area contributed by atoms with Gasteiger partial charge >= 0.3 is 0 Å². The molecule has 0 unspecified atom stereocenters. The number of hydrogen-bond donors (Lipinski definition) is 2. The van der Waals surface area contributed by atoms with Crippen molar-refractivity contribution in [1.82, 2.24) is 15.8 Å². The zero-order chi connectivity index (χ0) is 22.9. The van der Waals surface area contributed by atoms with Crippen molar-refractivity contribution in [2.24, 2.45) is 0 Å². The number of aromatic nitrogens is 1. The molecule has 5 rings (SSSR count). The monoisotopic (exact) mass is 471 g/mol. The van der Waals surface area contributed by atoms with Crippen LogP contribution in [0.2, 0.25) is 5.02 Å². The van der Waals surface area contributed by atoms with Crippen molar-refractivity contribution in [2.75, 3.05) is 6.61 Å². The van der Waals surface area contributed by atoms with E-state index in [-0.39, 0.29) is 29.0 Å². The van der Waals surface area contributed by atoms with E-state index in [0.717, 1.165) is 12.1 Å². The molecule has 2 amide bonds. The predicted molar refractivity (Wildman–Crippen MR) is 107 cm³/mol. The van der Waals surface area contributed by atoms with Gasteiger partial charge < -0.3 is 19.9 Å². The third kappa shape index (κ3) is 4.69. The number of hydrogen-bond acceptors (Lipinski definition) is 5. The highest BCUT2D eigenvalue weighted by Gasteiger charge is 2.50. The molecule has 3 saturated carbocycles. The van der Waals surface area contributed by atoms with Gasteiger partial charge in [0.15, 0.2) is 12.3 Å². The highest BCUT2D eigenvalue weighted by atomic mass is 35.5. The highest BCUT2D eigenvalue weighted by Crippen LogP contribution is 2.47. The lowest BCUT2D eigenvalue weighted by atomic mass is 9.61. The minimum absolute atomic E-state index is 0.0292. The number of benzene rings is 1. The van der Waals surface area contributed by atoms with Crippen LogP contribution in [0.3, 0.4) is 0 Å². The van der Waals surface area contributed by atoms with Crippen LogP contribution in [0.25, 0.3) is 0 Å². The molecular formula is C21H21ClF3N3O4. The van der Waals surface area contributed by atoms with Crippen molar-refractivity contribution >= 4 is 23.4 Å². The maximum Gasteiger partial charge on any atom is 0.290 e. The van der Waals surface area contributed by atoms with Crippen molar-refractivity contribution < 1.29 is 32.0 Å². The van der Waals surface area contributed by atoms with Gasteiger partial charge in [0.25, 0.3) is 18.2 Å². The number of nitrogens with one attached hydrogen (secondary N) is 2. The Morgan fingerprint density at radius 3 is 2.28 bits per heavy atom. The number of ether oxygens (including phenoxy) is 1. The van der Waals surface area contributed by atoms with Gasteiger partial charge in [-0.3, -0.25) is 9.59 Å². The molecule has 1 aromatic heterocycles. The predicted octanol–water partition coefficient (Wildman–Crippen LogP) is 4.18. The summed E-state index contributed by atoms with van der Waals surface area (Å²) < 4.78 is 48.9. The zero-order valence-electron chi connectivity index (χ0n) is 16.9. The molecule has 3 fully saturated rings. The Balaban J connectivity index is 1.29. The van der Waals surface area contributed by atoms with Crippen LogP contribution < -0.4 is 15.4 Å². The largest absolute Gasteiger partial charge is 0.484 e. The fourth-order valence-corrected chi connectivity index (χ4v) is 4.53. The number of nitrogens with zero attached hydrogens (tertiary/aromatic N) is 1. The van der Waals surface area contributed by atoms with Crippen molar-refractivity contribution in [1.29, 1.82) is 0 Å². The highest BCUT2D eigenvalue weighted by molar-refractivity contribution is 6.30. The Morgan fingerprint density at radius 2 is 1.72 bits per heavy atom. The van der Waals surface area contributed by atoms with Gasteiger partial charge in [-0.1, -0.05) is 16.8 Å². The average Bonchev–Trinajstić information content (AvgIpc) is 3.27. The molecule has 1 heterocycles. The summed E-state index contributed by atoms with van der Waals surface area (Å²) in [6, 6.07) is 4.89. The first-order valence-electron chi connectivity index (χ1n) is 10.2. The van der Waals surface area contributed by atoms with Gasteiger partial charge in [0.2, 0.25) is 5.76 Å². The van der Waals surface area contributed by atoms with Crippen molar-refractivity contribution in [3.05, 3.63) is 46.6 Å². The molecule has 0 spiro atoms. The van der Waals surface area contributed by atoms with E-state index in [4.69, 9.17) is 20.9 Å². The Morgan fingerprint density at radius 1 is 1.09 bits per heavy atom. The van der Waals surface area contributed by atoms with Gasteiger partial charge in [0.1, 0.15) is 11.6 Å². The van der Waals surface area contributed by atoms with Crippen LogP contribution in [0.4, 0.5) is 13.2 Å². The summed E-state index contributed by atoms with van der Waals surface area (Å²) in [7, 11) is 0. The maximum absolute atomic E-state index is 13.5. The van der Waals surface area contributed by atoms with Crippen LogP contribution in [0, 0.1) is 5.82 Å². The SMILES string of the molecule is O=C(COc1ccc(Cl)c(F)c1)NC12CCC(NC(=O)c3cc(C(F)F)no3)(CC1)CC2. The first-order chi connectivity index (χ1) is 15.2. The summed E-state index contributed by atoms with van der Waals surface area (Å²) in [4.78, 5) is 24.9. The van der Waals surface area contributed by atoms with Gasteiger partial charge in [0.05, 0.1) is 5.02 Å². The molecular weight excluding hydrogens is 451 g/mol. The van der Waals surface area contributed by atoms with Gasteiger partial charge in [-0.15, -0.1) is 0 Å². The van der Waals surface area contributed by atoms with E-state index in [2.05, 4.69) is 15.8 Å². The lowest BCUT2D eigenvalue weighted by Crippen LogP contribution is -2.64. The van der Waals surface area contributed by atoms with E-state index in [9.17, 15) is 22.8 Å². The van der Waals surface area contributed by atoms with Crippen molar-refractivity contribution in [2.45, 2.75) is 56.0 Å². The molecule has 2 bridgehead atoms. The van der Waals surface area contributed by atoms with E-state index >= 15 is 0 Å². The third-order valence-corrected chi connectivity index (χ3v) is 6.57. The fourth-order valence-electron chi connectivity index (χ4n) is 4.41. The number of fused-ring (bicyclic) bond motifs is 3. The number of rotatable bonds is 7. The molecule has 172 valence electrons. The molecule has 32 heavy (non-hydrogen) atoms. The Labute approximate surface area is 186 Å². The first-order valence-corrected chi connectivity index (χ1v) is 10.5. The van der Waals surface area contributed by atoms with Gasteiger partial charge in [0, 0.05) is 23.2 Å². The number of carbonyl (C=O) groups is 2. The molecule has 0 aliphatic heterocycles. The van der Waals surface area contributed by atoms with Crippen LogP contribution >= 0.6 is 11.6 Å². The van der Waals surface area contributed by atoms with Crippen molar-refractivity contribution in [3.63, 3.8) is 0 Å². The summed E-state index contributed by atoms with van der Waals surface area (Å²) >= 11 is 5.63. The smallest absolute Gasteiger partial charge is 0.290 e. The van der Waals surface area contributed by atoms with Crippen LogP contribution in [-0.2, 0) is 4.79 Å². The quantitative estimate of drug-likeness (QED) is 0.632. The molecule has 0 radical (unpaired) electrons. The van der Waals surface area contributed by atoms with Gasteiger partial charge in [-0.2, -0.15) is 0 Å². The first kappa shape index (κ1) is 22.4. The minimum Gasteiger partial charge on any atom is -0.484 e. The normalized spacial score (nSPS) is 24.4. The number of halogens is 4. The lowest BCUT2D eigenvalue weighted by molar-refractivity contribution is -0.126. The van der Waals surface area contributed by atoms with Crippen LogP contribution in [0.5, 0.6) is 5.75 Å². The number of carbonyl (C=O) groups excluding carboxylic acids is 2. The summed E-state index contributed by atoms with van der Waals surface area (Å²) in [5, 5.41) is 9.12. The summed E-state index contributed by atoms with van der Waals surface area (Å²) in [5.41, 5.74) is -1.45. The summed E-state index contributed by atoms with van der Waals surface area (Å²) in [5.74, 6) is -1.57. The Hall–Kier alpha value is -2.75. The molecule has 7 nitrogen and oxygen atoms in total. The molecule has 3 aliphatic rings. The van der Waals surface area contributed by atoms with Crippen molar-refractivity contribution in [3.8, 4) is 5.75 Å². The summed E-state index contributed by atoms with van der Waals surface area (Å²) in [6.07, 6.45) is 0.997. The minimum atomic E-state index is -2.81. The second-order valence-electron chi connectivity index (χ2n) is 8.34. The maximum atomic E-state index is 13.5. The second kappa shape index (κ2) is 8.65. The number of amides is 2. The average molecular weight is 472 g/mol. The number of alkyl halides is 2. The Kier molecular flexibility index (Phi) is 6.07. The molecule has 0 atom stereocenters. The van der Waals surface area contributed by atoms with E-state index in [0.29, 0.717) is 38.5 Å². The topological polar surface area (TPSA) is 93.5 Å². The van der Waals surface area contributed by atoms with Crippen LogP contribution in [0.15, 0.2) is 28.8 Å². The molecule has 1 aromatic carbocycles. The zero-order valence-corrected chi connectivity index (χ0v) is 17.7.